The zero-order valence-electron chi connectivity index (χ0n) is 8.06. The lowest BCUT2D eigenvalue weighted by atomic mass is 10.1. The number of hydrogen-bond acceptors (Lipinski definition) is 3. The minimum absolute atomic E-state index is 0.106. The molecule has 0 fully saturated rings. The minimum atomic E-state index is -5.35. The van der Waals surface area contributed by atoms with Crippen LogP contribution in [0.15, 0.2) is 23.2 Å². The van der Waals surface area contributed by atoms with Gasteiger partial charge in [0.25, 0.3) is 5.70 Å². The van der Waals surface area contributed by atoms with Crippen molar-refractivity contribution >= 4 is 11.6 Å². The molecule has 1 atom stereocenters. The molecule has 18 heavy (non-hydrogen) atoms. The summed E-state index contributed by atoms with van der Waals surface area (Å²) in [5, 5.41) is 9.22. The first kappa shape index (κ1) is 14.6. The highest BCUT2D eigenvalue weighted by molar-refractivity contribution is 6.23. The van der Waals surface area contributed by atoms with Crippen molar-refractivity contribution in [2.75, 3.05) is 0 Å². The standard InChI is InChI=1S/C7H3ClF6N2O2/c8-2-1-3(6(9,10)11)15-5(7(12,13)14)4(2)16(17)18/h1-2,15H. The zero-order chi connectivity index (χ0) is 14.3. The Balaban J connectivity index is 3.30. The topological polar surface area (TPSA) is 55.2 Å². The van der Waals surface area contributed by atoms with E-state index >= 15 is 0 Å². The largest absolute Gasteiger partial charge is 0.437 e. The number of hydrogen-bond donors (Lipinski definition) is 1. The summed E-state index contributed by atoms with van der Waals surface area (Å²) in [5.74, 6) is 0. The third-order valence-corrected chi connectivity index (χ3v) is 2.21. The Morgan fingerprint density at radius 1 is 1.22 bits per heavy atom. The second-order valence-electron chi connectivity index (χ2n) is 3.12. The van der Waals surface area contributed by atoms with E-state index in [-0.39, 0.29) is 6.08 Å². The average molecular weight is 297 g/mol. The van der Waals surface area contributed by atoms with E-state index in [2.05, 4.69) is 0 Å². The number of halogens is 7. The molecule has 0 spiro atoms. The lowest BCUT2D eigenvalue weighted by molar-refractivity contribution is -0.430. The van der Waals surface area contributed by atoms with E-state index in [1.165, 1.54) is 0 Å². The fourth-order valence-corrected chi connectivity index (χ4v) is 1.49. The molecular formula is C7H3ClF6N2O2. The lowest BCUT2D eigenvalue weighted by Crippen LogP contribution is -2.39. The van der Waals surface area contributed by atoms with Crippen molar-refractivity contribution in [1.82, 2.24) is 5.32 Å². The number of allylic oxidation sites excluding steroid dienone is 3. The first-order valence-electron chi connectivity index (χ1n) is 4.10. The molecule has 102 valence electrons. The Labute approximate surface area is 100 Å². The Hall–Kier alpha value is -1.45. The van der Waals surface area contributed by atoms with Crippen molar-refractivity contribution in [1.29, 1.82) is 0 Å². The van der Waals surface area contributed by atoms with E-state index in [0.717, 1.165) is 5.32 Å². The summed E-state index contributed by atoms with van der Waals surface area (Å²) in [6.07, 6.45) is -10.4. The Kier molecular flexibility index (Phi) is 3.52. The van der Waals surface area contributed by atoms with Crippen molar-refractivity contribution in [3.8, 4) is 0 Å². The maximum absolute atomic E-state index is 12.4. The van der Waals surface area contributed by atoms with Gasteiger partial charge >= 0.3 is 12.4 Å². The van der Waals surface area contributed by atoms with Gasteiger partial charge in [-0.15, -0.1) is 11.6 Å². The summed E-state index contributed by atoms with van der Waals surface area (Å²) < 4.78 is 74.0. The second kappa shape index (κ2) is 4.34. The molecule has 0 aromatic heterocycles. The molecule has 0 aromatic rings. The summed E-state index contributed by atoms with van der Waals surface area (Å²) in [7, 11) is 0. The van der Waals surface area contributed by atoms with E-state index in [1.807, 2.05) is 0 Å². The van der Waals surface area contributed by atoms with Crippen LogP contribution in [0.2, 0.25) is 0 Å². The van der Waals surface area contributed by atoms with Crippen molar-refractivity contribution in [3.05, 3.63) is 33.3 Å². The van der Waals surface area contributed by atoms with E-state index in [1.54, 1.807) is 0 Å². The smallest absolute Gasteiger partial charge is 0.342 e. The summed E-state index contributed by atoms with van der Waals surface area (Å²) >= 11 is 5.16. The molecule has 1 rings (SSSR count). The summed E-state index contributed by atoms with van der Waals surface area (Å²) in [6, 6.07) is 0. The van der Waals surface area contributed by atoms with E-state index < -0.39 is 39.7 Å². The number of nitro groups is 1. The fraction of sp³-hybridized carbons (Fsp3) is 0.429. The molecule has 0 amide bonds. The Bertz CT molecular complexity index is 438. The van der Waals surface area contributed by atoms with Crippen molar-refractivity contribution < 1.29 is 31.3 Å². The minimum Gasteiger partial charge on any atom is -0.342 e. The van der Waals surface area contributed by atoms with Crippen LogP contribution in [0, 0.1) is 10.1 Å². The van der Waals surface area contributed by atoms with Gasteiger partial charge in [0.15, 0.2) is 5.70 Å². The third kappa shape index (κ3) is 2.86. The molecule has 11 heteroatoms. The monoisotopic (exact) mass is 296 g/mol. The van der Waals surface area contributed by atoms with Crippen LogP contribution in [0.4, 0.5) is 26.3 Å². The molecule has 0 saturated heterocycles. The van der Waals surface area contributed by atoms with Gasteiger partial charge < -0.3 is 5.32 Å². The summed E-state index contributed by atoms with van der Waals surface area (Å²) in [6.45, 7) is 0. The van der Waals surface area contributed by atoms with E-state index in [9.17, 15) is 36.5 Å². The maximum Gasteiger partial charge on any atom is 0.437 e. The van der Waals surface area contributed by atoms with Gasteiger partial charge in [0.1, 0.15) is 11.1 Å². The van der Waals surface area contributed by atoms with Gasteiger partial charge in [-0.1, -0.05) is 0 Å². The van der Waals surface area contributed by atoms with Gasteiger partial charge in [-0.3, -0.25) is 10.1 Å². The van der Waals surface area contributed by atoms with E-state index in [0.29, 0.717) is 0 Å². The van der Waals surface area contributed by atoms with Gasteiger partial charge in [0.05, 0.1) is 4.92 Å². The van der Waals surface area contributed by atoms with Crippen LogP contribution < -0.4 is 5.32 Å². The van der Waals surface area contributed by atoms with Crippen molar-refractivity contribution in [2.45, 2.75) is 17.7 Å². The number of dihydropyridines is 1. The molecule has 1 N–H and O–H groups in total. The predicted octanol–water partition coefficient (Wildman–Crippen LogP) is 2.69. The van der Waals surface area contributed by atoms with E-state index in [4.69, 9.17) is 11.6 Å². The normalized spacial score (nSPS) is 21.5. The molecular weight excluding hydrogens is 294 g/mol. The van der Waals surface area contributed by atoms with Crippen LogP contribution in [0.5, 0.6) is 0 Å². The van der Waals surface area contributed by atoms with Gasteiger partial charge in [0, 0.05) is 0 Å². The molecule has 0 aromatic carbocycles. The van der Waals surface area contributed by atoms with Gasteiger partial charge in [-0.05, 0) is 6.08 Å². The quantitative estimate of drug-likeness (QED) is 0.350. The number of rotatable bonds is 1. The van der Waals surface area contributed by atoms with Crippen LogP contribution in [-0.2, 0) is 0 Å². The van der Waals surface area contributed by atoms with Crippen molar-refractivity contribution in [3.63, 3.8) is 0 Å². The lowest BCUT2D eigenvalue weighted by Gasteiger charge is -2.23. The highest BCUT2D eigenvalue weighted by Crippen LogP contribution is 2.37. The van der Waals surface area contributed by atoms with Crippen LogP contribution >= 0.6 is 11.6 Å². The molecule has 0 aliphatic carbocycles. The zero-order valence-corrected chi connectivity index (χ0v) is 8.82. The third-order valence-electron chi connectivity index (χ3n) is 1.88. The number of nitrogens with zero attached hydrogens (tertiary/aromatic N) is 1. The number of alkyl halides is 7. The highest BCUT2D eigenvalue weighted by Gasteiger charge is 2.50. The average Bonchev–Trinajstić information content (AvgIpc) is 2.12. The molecule has 1 unspecified atom stereocenters. The molecule has 0 radical (unpaired) electrons. The molecule has 0 bridgehead atoms. The fourth-order valence-electron chi connectivity index (χ4n) is 1.18. The van der Waals surface area contributed by atoms with Crippen LogP contribution in [0.25, 0.3) is 0 Å². The Morgan fingerprint density at radius 3 is 2.06 bits per heavy atom. The van der Waals surface area contributed by atoms with Gasteiger partial charge in [-0.25, -0.2) is 0 Å². The molecule has 0 saturated carbocycles. The first-order chi connectivity index (χ1) is 7.94. The SMILES string of the molecule is O=[N+]([O-])C1=C(C(F)(F)F)NC(C(F)(F)F)=CC1Cl. The first-order valence-corrected chi connectivity index (χ1v) is 4.54. The highest BCUT2D eigenvalue weighted by atomic mass is 35.5. The van der Waals surface area contributed by atoms with Crippen LogP contribution in [0.3, 0.4) is 0 Å². The summed E-state index contributed by atoms with van der Waals surface area (Å²) in [4.78, 5) is 8.92. The molecule has 4 nitrogen and oxygen atoms in total. The predicted molar refractivity (Wildman–Crippen MR) is 47.0 cm³/mol. The van der Waals surface area contributed by atoms with Crippen molar-refractivity contribution in [2.24, 2.45) is 0 Å². The van der Waals surface area contributed by atoms with Crippen LogP contribution in [-0.4, -0.2) is 22.7 Å². The maximum atomic E-state index is 12.4. The van der Waals surface area contributed by atoms with Gasteiger partial charge in [-0.2, -0.15) is 26.3 Å². The molecule has 1 aliphatic rings. The summed E-state index contributed by atoms with van der Waals surface area (Å²) in [5.41, 5.74) is -5.49. The number of nitrogens with one attached hydrogen (secondary N) is 1. The van der Waals surface area contributed by atoms with Crippen LogP contribution in [0.1, 0.15) is 0 Å². The van der Waals surface area contributed by atoms with Gasteiger partial charge in [0.2, 0.25) is 0 Å². The molecule has 1 heterocycles. The second-order valence-corrected chi connectivity index (χ2v) is 3.59. The molecule has 1 aliphatic heterocycles. The Morgan fingerprint density at radius 2 is 1.72 bits per heavy atom.